The molecule has 0 radical (unpaired) electrons. The van der Waals surface area contributed by atoms with Gasteiger partial charge in [0, 0.05) is 12.1 Å². The first-order chi connectivity index (χ1) is 8.08. The number of rotatable bonds is 5. The SMILES string of the molecule is COc1cc(C(=O)NCC(O)CO)ccc1F. The molecule has 0 aromatic heterocycles. The third-order valence-corrected chi connectivity index (χ3v) is 2.12. The minimum absolute atomic E-state index is 0.0274. The molecule has 0 aliphatic heterocycles. The first-order valence-electron chi connectivity index (χ1n) is 4.99. The summed E-state index contributed by atoms with van der Waals surface area (Å²) in [6, 6.07) is 3.69. The van der Waals surface area contributed by atoms with Crippen LogP contribution in [0.2, 0.25) is 0 Å². The Labute approximate surface area is 97.8 Å². The van der Waals surface area contributed by atoms with Gasteiger partial charge in [0.15, 0.2) is 11.6 Å². The summed E-state index contributed by atoms with van der Waals surface area (Å²) < 4.78 is 17.8. The van der Waals surface area contributed by atoms with E-state index < -0.39 is 24.4 Å². The Morgan fingerprint density at radius 2 is 2.29 bits per heavy atom. The van der Waals surface area contributed by atoms with E-state index in [1.807, 2.05) is 0 Å². The van der Waals surface area contributed by atoms with Crippen LogP contribution in [0.3, 0.4) is 0 Å². The molecule has 0 saturated carbocycles. The molecule has 0 bridgehead atoms. The Balaban J connectivity index is 2.69. The average molecular weight is 243 g/mol. The first kappa shape index (κ1) is 13.4. The van der Waals surface area contributed by atoms with Crippen LogP contribution in [0.5, 0.6) is 5.75 Å². The van der Waals surface area contributed by atoms with Crippen molar-refractivity contribution in [3.63, 3.8) is 0 Å². The number of methoxy groups -OCH3 is 1. The Morgan fingerprint density at radius 3 is 2.88 bits per heavy atom. The number of aliphatic hydroxyl groups excluding tert-OH is 2. The predicted molar refractivity (Wildman–Crippen MR) is 58.4 cm³/mol. The second kappa shape index (κ2) is 6.17. The van der Waals surface area contributed by atoms with Crippen molar-refractivity contribution < 1.29 is 24.1 Å². The molecule has 1 unspecified atom stereocenters. The number of carbonyl (C=O) groups excluding carboxylic acids is 1. The van der Waals surface area contributed by atoms with Gasteiger partial charge in [0.1, 0.15) is 0 Å². The molecule has 1 atom stereocenters. The topological polar surface area (TPSA) is 78.8 Å². The fourth-order valence-corrected chi connectivity index (χ4v) is 1.18. The maximum atomic E-state index is 13.1. The highest BCUT2D eigenvalue weighted by molar-refractivity contribution is 5.94. The van der Waals surface area contributed by atoms with Crippen LogP contribution in [-0.4, -0.2) is 42.5 Å². The third kappa shape index (κ3) is 3.69. The van der Waals surface area contributed by atoms with Crippen LogP contribution in [0.1, 0.15) is 10.4 Å². The van der Waals surface area contributed by atoms with Gasteiger partial charge in [0.05, 0.1) is 19.8 Å². The van der Waals surface area contributed by atoms with Crippen LogP contribution in [0.4, 0.5) is 4.39 Å². The highest BCUT2D eigenvalue weighted by atomic mass is 19.1. The van der Waals surface area contributed by atoms with Crippen molar-refractivity contribution in [1.29, 1.82) is 0 Å². The fourth-order valence-electron chi connectivity index (χ4n) is 1.18. The number of halogens is 1. The van der Waals surface area contributed by atoms with E-state index in [9.17, 15) is 9.18 Å². The smallest absolute Gasteiger partial charge is 0.251 e. The van der Waals surface area contributed by atoms with Crippen LogP contribution in [0.15, 0.2) is 18.2 Å². The van der Waals surface area contributed by atoms with Crippen LogP contribution in [0, 0.1) is 5.82 Å². The molecule has 6 heteroatoms. The van der Waals surface area contributed by atoms with E-state index in [4.69, 9.17) is 14.9 Å². The van der Waals surface area contributed by atoms with Crippen LogP contribution in [0.25, 0.3) is 0 Å². The van der Waals surface area contributed by atoms with E-state index in [-0.39, 0.29) is 17.9 Å². The summed E-state index contributed by atoms with van der Waals surface area (Å²) in [5.41, 5.74) is 0.216. The minimum atomic E-state index is -1.01. The quantitative estimate of drug-likeness (QED) is 0.675. The zero-order valence-electron chi connectivity index (χ0n) is 9.31. The molecule has 5 nitrogen and oxygen atoms in total. The van der Waals surface area contributed by atoms with E-state index in [1.54, 1.807) is 0 Å². The molecule has 0 aliphatic rings. The first-order valence-corrected chi connectivity index (χ1v) is 4.99. The lowest BCUT2D eigenvalue weighted by Crippen LogP contribution is -2.33. The molecule has 1 aromatic carbocycles. The van der Waals surface area contributed by atoms with Crippen LogP contribution < -0.4 is 10.1 Å². The molecular formula is C11H14FNO4. The predicted octanol–water partition coefficient (Wildman–Crippen LogP) is -0.0827. The standard InChI is InChI=1S/C11H14FNO4/c1-17-10-4-7(2-3-9(10)12)11(16)13-5-8(15)6-14/h2-4,8,14-15H,5-6H2,1H3,(H,13,16). The van der Waals surface area contributed by atoms with Gasteiger partial charge >= 0.3 is 0 Å². The van der Waals surface area contributed by atoms with Crippen LogP contribution >= 0.6 is 0 Å². The molecule has 0 saturated heterocycles. The van der Waals surface area contributed by atoms with Crippen molar-refractivity contribution in [2.45, 2.75) is 6.10 Å². The van der Waals surface area contributed by atoms with Gasteiger partial charge in [-0.3, -0.25) is 4.79 Å². The lowest BCUT2D eigenvalue weighted by atomic mass is 10.2. The molecule has 0 fully saturated rings. The molecule has 0 spiro atoms. The molecular weight excluding hydrogens is 229 g/mol. The lowest BCUT2D eigenvalue weighted by Gasteiger charge is -2.09. The van der Waals surface area contributed by atoms with E-state index in [2.05, 4.69) is 5.32 Å². The van der Waals surface area contributed by atoms with Gasteiger partial charge in [0.2, 0.25) is 0 Å². The molecule has 17 heavy (non-hydrogen) atoms. The largest absolute Gasteiger partial charge is 0.494 e. The Bertz CT molecular complexity index is 397. The second-order valence-electron chi connectivity index (χ2n) is 3.40. The molecule has 1 amide bonds. The molecule has 0 heterocycles. The summed E-state index contributed by atoms with van der Waals surface area (Å²) in [6.07, 6.45) is -1.01. The normalized spacial score (nSPS) is 12.0. The number of benzene rings is 1. The summed E-state index contributed by atoms with van der Waals surface area (Å²) >= 11 is 0. The van der Waals surface area contributed by atoms with Crippen molar-refractivity contribution in [2.75, 3.05) is 20.3 Å². The fraction of sp³-hybridized carbons (Fsp3) is 0.364. The van der Waals surface area contributed by atoms with Gasteiger partial charge in [-0.2, -0.15) is 0 Å². The Morgan fingerprint density at radius 1 is 1.59 bits per heavy atom. The highest BCUT2D eigenvalue weighted by Crippen LogP contribution is 2.17. The van der Waals surface area contributed by atoms with E-state index in [0.29, 0.717) is 0 Å². The number of hydrogen-bond donors (Lipinski definition) is 3. The van der Waals surface area contributed by atoms with Crippen molar-refractivity contribution in [3.8, 4) is 5.75 Å². The summed E-state index contributed by atoms with van der Waals surface area (Å²) in [7, 11) is 1.30. The zero-order valence-corrected chi connectivity index (χ0v) is 9.31. The molecule has 0 aliphatic carbocycles. The molecule has 1 aromatic rings. The summed E-state index contributed by atoms with van der Waals surface area (Å²) in [5, 5.41) is 20.0. The maximum absolute atomic E-state index is 13.1. The average Bonchev–Trinajstić information content (AvgIpc) is 2.35. The van der Waals surface area contributed by atoms with Crippen molar-refractivity contribution in [3.05, 3.63) is 29.6 Å². The summed E-state index contributed by atoms with van der Waals surface area (Å²) in [4.78, 5) is 11.6. The zero-order chi connectivity index (χ0) is 12.8. The Hall–Kier alpha value is -1.66. The number of amides is 1. The van der Waals surface area contributed by atoms with Gasteiger partial charge in [-0.1, -0.05) is 0 Å². The van der Waals surface area contributed by atoms with Gasteiger partial charge in [0.25, 0.3) is 5.91 Å². The van der Waals surface area contributed by atoms with Gasteiger partial charge < -0.3 is 20.3 Å². The highest BCUT2D eigenvalue weighted by Gasteiger charge is 2.11. The lowest BCUT2D eigenvalue weighted by molar-refractivity contribution is 0.0801. The van der Waals surface area contributed by atoms with Crippen molar-refractivity contribution in [1.82, 2.24) is 5.32 Å². The van der Waals surface area contributed by atoms with Crippen molar-refractivity contribution in [2.24, 2.45) is 0 Å². The van der Waals surface area contributed by atoms with Crippen LogP contribution in [-0.2, 0) is 0 Å². The van der Waals surface area contributed by atoms with E-state index in [0.717, 1.165) is 6.07 Å². The molecule has 1 rings (SSSR count). The number of carbonyl (C=O) groups is 1. The van der Waals surface area contributed by atoms with E-state index >= 15 is 0 Å². The number of aliphatic hydroxyl groups is 2. The monoisotopic (exact) mass is 243 g/mol. The summed E-state index contributed by atoms with van der Waals surface area (Å²) in [6.45, 7) is -0.512. The third-order valence-electron chi connectivity index (χ3n) is 2.12. The van der Waals surface area contributed by atoms with Gasteiger partial charge in [-0.05, 0) is 18.2 Å². The minimum Gasteiger partial charge on any atom is -0.494 e. The Kier molecular flexibility index (Phi) is 4.86. The molecule has 94 valence electrons. The number of hydrogen-bond acceptors (Lipinski definition) is 4. The second-order valence-corrected chi connectivity index (χ2v) is 3.40. The molecule has 3 N–H and O–H groups in total. The maximum Gasteiger partial charge on any atom is 0.251 e. The van der Waals surface area contributed by atoms with Gasteiger partial charge in [-0.15, -0.1) is 0 Å². The number of ether oxygens (including phenoxy) is 1. The van der Waals surface area contributed by atoms with E-state index in [1.165, 1.54) is 19.2 Å². The summed E-state index contributed by atoms with van der Waals surface area (Å²) in [5.74, 6) is -1.06. The van der Waals surface area contributed by atoms with Gasteiger partial charge in [-0.25, -0.2) is 4.39 Å². The van der Waals surface area contributed by atoms with Crippen molar-refractivity contribution >= 4 is 5.91 Å². The number of nitrogens with one attached hydrogen (secondary N) is 1.